The van der Waals surface area contributed by atoms with Crippen LogP contribution in [0.15, 0.2) is 18.2 Å². The predicted molar refractivity (Wildman–Crippen MR) is 78.3 cm³/mol. The molecule has 21 heavy (non-hydrogen) atoms. The van der Waals surface area contributed by atoms with Crippen LogP contribution in [0.2, 0.25) is 0 Å². The monoisotopic (exact) mass is 289 g/mol. The van der Waals surface area contributed by atoms with Crippen LogP contribution in [0.5, 0.6) is 0 Å². The summed E-state index contributed by atoms with van der Waals surface area (Å²) in [6.07, 6.45) is 1.67. The number of piperazine rings is 1. The van der Waals surface area contributed by atoms with E-state index >= 15 is 0 Å². The molecule has 2 atom stereocenters. The number of likely N-dealkylation sites (N-methyl/N-ethyl adjacent to an activating group) is 1. The van der Waals surface area contributed by atoms with Gasteiger partial charge in [-0.3, -0.25) is 15.0 Å². The number of nitro groups is 1. The van der Waals surface area contributed by atoms with Crippen LogP contribution in [0.4, 0.5) is 5.69 Å². The quantitative estimate of drug-likeness (QED) is 0.480. The van der Waals surface area contributed by atoms with E-state index in [9.17, 15) is 14.9 Å². The number of hydrogen-bond donors (Lipinski definition) is 0. The summed E-state index contributed by atoms with van der Waals surface area (Å²) in [6, 6.07) is 5.17. The Labute approximate surface area is 123 Å². The van der Waals surface area contributed by atoms with Crippen LogP contribution in [0.3, 0.4) is 0 Å². The molecule has 1 aromatic carbocycles. The second-order valence-electron chi connectivity index (χ2n) is 5.90. The first kappa shape index (κ1) is 14.2. The minimum absolute atomic E-state index is 0.0691. The molecule has 0 bridgehead atoms. The zero-order chi connectivity index (χ0) is 15.0. The van der Waals surface area contributed by atoms with Crippen molar-refractivity contribution < 1.29 is 9.72 Å². The average Bonchev–Trinajstić information content (AvgIpc) is 2.86. The molecule has 1 fully saturated rings. The van der Waals surface area contributed by atoms with Crippen LogP contribution >= 0.6 is 0 Å². The summed E-state index contributed by atoms with van der Waals surface area (Å²) in [6.45, 7) is 3.99. The second-order valence-corrected chi connectivity index (χ2v) is 5.90. The van der Waals surface area contributed by atoms with Gasteiger partial charge in [0.1, 0.15) is 6.29 Å². The van der Waals surface area contributed by atoms with Crippen molar-refractivity contribution >= 4 is 12.0 Å². The molecule has 1 heterocycles. The second kappa shape index (κ2) is 5.54. The smallest absolute Gasteiger partial charge is 0.269 e. The van der Waals surface area contributed by atoms with Gasteiger partial charge in [0.05, 0.1) is 4.92 Å². The third kappa shape index (κ3) is 2.56. The van der Waals surface area contributed by atoms with Gasteiger partial charge in [0.2, 0.25) is 0 Å². The van der Waals surface area contributed by atoms with Crippen molar-refractivity contribution in [3.63, 3.8) is 0 Å². The van der Waals surface area contributed by atoms with Gasteiger partial charge in [-0.2, -0.15) is 0 Å². The van der Waals surface area contributed by atoms with Gasteiger partial charge < -0.3 is 9.69 Å². The van der Waals surface area contributed by atoms with Crippen LogP contribution < -0.4 is 0 Å². The molecule has 6 heteroatoms. The number of non-ortho nitro benzene ring substituents is 1. The normalized spacial score (nSPS) is 26.5. The van der Waals surface area contributed by atoms with E-state index in [1.54, 1.807) is 12.1 Å². The number of carbonyl (C=O) groups excluding carboxylic acids is 1. The Morgan fingerprint density at radius 1 is 1.24 bits per heavy atom. The third-order valence-electron chi connectivity index (χ3n) is 4.66. The fraction of sp³-hybridized carbons (Fsp3) is 0.533. The molecule has 3 rings (SSSR count). The van der Waals surface area contributed by atoms with Crippen LogP contribution in [-0.2, 0) is 4.79 Å². The minimum Gasteiger partial charge on any atom is -0.304 e. The zero-order valence-electron chi connectivity index (χ0n) is 12.1. The molecule has 0 aromatic heterocycles. The van der Waals surface area contributed by atoms with Crippen LogP contribution in [0, 0.1) is 10.1 Å². The Morgan fingerprint density at radius 2 is 1.95 bits per heavy atom. The summed E-state index contributed by atoms with van der Waals surface area (Å²) in [5.41, 5.74) is 1.99. The van der Waals surface area contributed by atoms with Crippen molar-refractivity contribution in [1.82, 2.24) is 9.80 Å². The molecule has 0 spiro atoms. The first-order valence-corrected chi connectivity index (χ1v) is 7.26. The van der Waals surface area contributed by atoms with Gasteiger partial charge in [0.15, 0.2) is 0 Å². The number of nitro benzene ring substituents is 1. The van der Waals surface area contributed by atoms with Crippen molar-refractivity contribution in [1.29, 1.82) is 0 Å². The van der Waals surface area contributed by atoms with E-state index in [4.69, 9.17) is 0 Å². The van der Waals surface area contributed by atoms with Crippen LogP contribution in [-0.4, -0.2) is 54.2 Å². The van der Waals surface area contributed by atoms with Crippen LogP contribution in [0.1, 0.15) is 29.5 Å². The van der Waals surface area contributed by atoms with Gasteiger partial charge >= 0.3 is 0 Å². The van der Waals surface area contributed by atoms with E-state index in [0.717, 1.165) is 50.0 Å². The summed E-state index contributed by atoms with van der Waals surface area (Å²) in [5.74, 6) is -0.218. The van der Waals surface area contributed by atoms with Gasteiger partial charge in [-0.15, -0.1) is 0 Å². The largest absolute Gasteiger partial charge is 0.304 e. The summed E-state index contributed by atoms with van der Waals surface area (Å²) >= 11 is 0. The number of nitrogens with zero attached hydrogens (tertiary/aromatic N) is 3. The Bertz CT molecular complexity index is 567. The molecular weight excluding hydrogens is 270 g/mol. The molecule has 2 aliphatic rings. The topological polar surface area (TPSA) is 66.7 Å². The fourth-order valence-electron chi connectivity index (χ4n) is 3.40. The molecule has 1 saturated heterocycles. The van der Waals surface area contributed by atoms with Gasteiger partial charge in [0, 0.05) is 50.3 Å². The lowest BCUT2D eigenvalue weighted by atomic mass is 10.0. The lowest BCUT2D eigenvalue weighted by Gasteiger charge is -2.36. The molecule has 6 nitrogen and oxygen atoms in total. The third-order valence-corrected chi connectivity index (χ3v) is 4.66. The zero-order valence-corrected chi connectivity index (χ0v) is 12.1. The maximum atomic E-state index is 11.3. The van der Waals surface area contributed by atoms with Crippen molar-refractivity contribution in [3.8, 4) is 0 Å². The number of aldehydes is 1. The first-order valence-electron chi connectivity index (χ1n) is 7.26. The molecule has 0 saturated carbocycles. The Kier molecular flexibility index (Phi) is 3.73. The van der Waals surface area contributed by atoms with E-state index in [1.807, 2.05) is 6.07 Å². The highest BCUT2D eigenvalue weighted by molar-refractivity contribution is 5.67. The van der Waals surface area contributed by atoms with E-state index < -0.39 is 4.92 Å². The standard InChI is InChI=1S/C15H19N3O3/c1-16-4-6-17(7-5-16)15-8-11(10-19)14-9-12(18(20)21)2-3-13(14)15/h2-3,9-11,15H,4-8H2,1H3. The lowest BCUT2D eigenvalue weighted by Crippen LogP contribution is -2.45. The van der Waals surface area contributed by atoms with E-state index in [-0.39, 0.29) is 17.6 Å². The average molecular weight is 289 g/mol. The summed E-state index contributed by atoms with van der Waals surface area (Å²) < 4.78 is 0. The fourth-order valence-corrected chi connectivity index (χ4v) is 3.40. The Morgan fingerprint density at radius 3 is 2.57 bits per heavy atom. The Balaban J connectivity index is 1.90. The van der Waals surface area contributed by atoms with Crippen molar-refractivity contribution in [2.45, 2.75) is 18.4 Å². The molecule has 0 amide bonds. The minimum atomic E-state index is -0.397. The van der Waals surface area contributed by atoms with E-state index in [0.29, 0.717) is 0 Å². The number of fused-ring (bicyclic) bond motifs is 1. The molecule has 0 N–H and O–H groups in total. The number of carbonyl (C=O) groups is 1. The highest BCUT2D eigenvalue weighted by Gasteiger charge is 2.36. The molecule has 0 radical (unpaired) electrons. The van der Waals surface area contributed by atoms with Crippen molar-refractivity contribution in [3.05, 3.63) is 39.4 Å². The van der Waals surface area contributed by atoms with E-state index in [1.165, 1.54) is 0 Å². The maximum Gasteiger partial charge on any atom is 0.269 e. The molecule has 1 aromatic rings. The SMILES string of the molecule is CN1CCN(C2CC(C=O)c3cc([N+](=O)[O-])ccc32)CC1. The molecule has 1 aliphatic carbocycles. The predicted octanol–water partition coefficient (Wildman–Crippen LogP) is 1.57. The van der Waals surface area contributed by atoms with Crippen molar-refractivity contribution in [2.24, 2.45) is 0 Å². The van der Waals surface area contributed by atoms with Gasteiger partial charge in [-0.1, -0.05) is 6.07 Å². The van der Waals surface area contributed by atoms with Gasteiger partial charge in [-0.25, -0.2) is 0 Å². The molecule has 2 unspecified atom stereocenters. The highest BCUT2D eigenvalue weighted by Crippen LogP contribution is 2.44. The van der Waals surface area contributed by atoms with Crippen LogP contribution in [0.25, 0.3) is 0 Å². The van der Waals surface area contributed by atoms with Gasteiger partial charge in [-0.05, 0) is 24.6 Å². The van der Waals surface area contributed by atoms with E-state index in [2.05, 4.69) is 16.8 Å². The Hall–Kier alpha value is -1.79. The summed E-state index contributed by atoms with van der Waals surface area (Å²) in [5, 5.41) is 10.9. The molecule has 1 aliphatic heterocycles. The molecular formula is C15H19N3O3. The van der Waals surface area contributed by atoms with Crippen molar-refractivity contribution in [2.75, 3.05) is 33.2 Å². The molecule has 112 valence electrons. The van der Waals surface area contributed by atoms with Gasteiger partial charge in [0.25, 0.3) is 5.69 Å². The maximum absolute atomic E-state index is 11.3. The highest BCUT2D eigenvalue weighted by atomic mass is 16.6. The lowest BCUT2D eigenvalue weighted by molar-refractivity contribution is -0.384. The number of benzene rings is 1. The number of hydrogen-bond acceptors (Lipinski definition) is 5. The first-order chi connectivity index (χ1) is 10.1. The summed E-state index contributed by atoms with van der Waals surface area (Å²) in [7, 11) is 2.11. The number of rotatable bonds is 3. The summed E-state index contributed by atoms with van der Waals surface area (Å²) in [4.78, 5) is 26.5.